The fourth-order valence-electron chi connectivity index (χ4n) is 2.27. The van der Waals surface area contributed by atoms with Crippen LogP contribution in [-0.2, 0) is 0 Å². The fraction of sp³-hybridized carbons (Fsp3) is 0.0714. The number of aryl methyl sites for hydroxylation is 1. The number of hydrogen-bond acceptors (Lipinski definition) is 3. The minimum atomic E-state index is 0.845. The van der Waals surface area contributed by atoms with Crippen LogP contribution in [0.4, 0.5) is 0 Å². The predicted octanol–water partition coefficient (Wildman–Crippen LogP) is 2.58. The highest BCUT2D eigenvalue weighted by molar-refractivity contribution is 5.92. The Bertz CT molecular complexity index is 887. The van der Waals surface area contributed by atoms with Crippen molar-refractivity contribution >= 4 is 16.7 Å². The standard InChI is InChI=1S/C14H11N5/c1-9-2-3-10-11(8-16-14(10)17-9)12-4-5-13-15-6-7-19(13)18-12/h2-8H,1H3,(H,16,17). The lowest BCUT2D eigenvalue weighted by Crippen LogP contribution is -1.92. The normalized spacial score (nSPS) is 11.4. The summed E-state index contributed by atoms with van der Waals surface area (Å²) in [5.74, 6) is 0. The van der Waals surface area contributed by atoms with Gasteiger partial charge in [-0.15, -0.1) is 0 Å². The number of pyridine rings is 1. The zero-order valence-corrected chi connectivity index (χ0v) is 10.3. The Hall–Kier alpha value is -2.69. The molecule has 0 unspecified atom stereocenters. The number of aromatic nitrogens is 5. The predicted molar refractivity (Wildman–Crippen MR) is 72.8 cm³/mol. The van der Waals surface area contributed by atoms with E-state index in [1.807, 2.05) is 37.5 Å². The topological polar surface area (TPSA) is 58.9 Å². The van der Waals surface area contributed by atoms with Gasteiger partial charge in [0.25, 0.3) is 0 Å². The fourth-order valence-corrected chi connectivity index (χ4v) is 2.27. The van der Waals surface area contributed by atoms with Crippen molar-refractivity contribution in [2.75, 3.05) is 0 Å². The van der Waals surface area contributed by atoms with Crippen LogP contribution in [0.25, 0.3) is 27.9 Å². The molecule has 5 heteroatoms. The zero-order valence-electron chi connectivity index (χ0n) is 10.3. The smallest absolute Gasteiger partial charge is 0.153 e. The molecule has 0 saturated heterocycles. The van der Waals surface area contributed by atoms with Gasteiger partial charge in [-0.2, -0.15) is 5.10 Å². The summed E-state index contributed by atoms with van der Waals surface area (Å²) in [6.07, 6.45) is 5.53. The molecule has 5 nitrogen and oxygen atoms in total. The van der Waals surface area contributed by atoms with Crippen LogP contribution in [0.3, 0.4) is 0 Å². The molecule has 0 aliphatic heterocycles. The average Bonchev–Trinajstić information content (AvgIpc) is 3.02. The number of imidazole rings is 1. The second-order valence-electron chi connectivity index (χ2n) is 4.50. The van der Waals surface area contributed by atoms with Crippen molar-refractivity contribution in [1.29, 1.82) is 0 Å². The monoisotopic (exact) mass is 249 g/mol. The van der Waals surface area contributed by atoms with Crippen molar-refractivity contribution in [3.8, 4) is 11.3 Å². The maximum absolute atomic E-state index is 4.56. The van der Waals surface area contributed by atoms with Crippen LogP contribution in [0.5, 0.6) is 0 Å². The van der Waals surface area contributed by atoms with Crippen molar-refractivity contribution in [3.63, 3.8) is 0 Å². The molecule has 92 valence electrons. The third-order valence-corrected chi connectivity index (χ3v) is 3.21. The molecule has 0 bridgehead atoms. The first-order valence-corrected chi connectivity index (χ1v) is 6.07. The van der Waals surface area contributed by atoms with Gasteiger partial charge in [-0.3, -0.25) is 0 Å². The van der Waals surface area contributed by atoms with Crippen molar-refractivity contribution in [2.24, 2.45) is 0 Å². The summed E-state index contributed by atoms with van der Waals surface area (Å²) < 4.78 is 1.77. The Labute approximate surface area is 108 Å². The Kier molecular flexibility index (Phi) is 1.97. The summed E-state index contributed by atoms with van der Waals surface area (Å²) in [5.41, 5.74) is 4.69. The van der Waals surface area contributed by atoms with E-state index in [9.17, 15) is 0 Å². The van der Waals surface area contributed by atoms with E-state index in [2.05, 4.69) is 26.1 Å². The number of aromatic amines is 1. The Morgan fingerprint density at radius 2 is 2.11 bits per heavy atom. The third-order valence-electron chi connectivity index (χ3n) is 3.21. The van der Waals surface area contributed by atoms with E-state index in [0.29, 0.717) is 0 Å². The number of fused-ring (bicyclic) bond motifs is 2. The first-order valence-electron chi connectivity index (χ1n) is 6.07. The first-order chi connectivity index (χ1) is 9.31. The van der Waals surface area contributed by atoms with Gasteiger partial charge in [-0.1, -0.05) is 0 Å². The molecule has 4 aromatic heterocycles. The maximum Gasteiger partial charge on any atom is 0.153 e. The van der Waals surface area contributed by atoms with Gasteiger partial charge >= 0.3 is 0 Å². The number of hydrogen-bond donors (Lipinski definition) is 1. The van der Waals surface area contributed by atoms with E-state index in [1.165, 1.54) is 0 Å². The highest BCUT2D eigenvalue weighted by Crippen LogP contribution is 2.26. The molecular weight excluding hydrogens is 238 g/mol. The van der Waals surface area contributed by atoms with Crippen molar-refractivity contribution < 1.29 is 0 Å². The van der Waals surface area contributed by atoms with Crippen LogP contribution >= 0.6 is 0 Å². The van der Waals surface area contributed by atoms with Gasteiger partial charge in [0, 0.05) is 35.2 Å². The van der Waals surface area contributed by atoms with E-state index in [-0.39, 0.29) is 0 Å². The SMILES string of the molecule is Cc1ccc2c(-c3ccc4nccn4n3)c[nH]c2n1. The van der Waals surface area contributed by atoms with Gasteiger partial charge in [0.05, 0.1) is 5.69 Å². The van der Waals surface area contributed by atoms with Crippen molar-refractivity contribution in [3.05, 3.63) is 48.5 Å². The van der Waals surface area contributed by atoms with Gasteiger partial charge in [0.2, 0.25) is 0 Å². The molecule has 0 spiro atoms. The minimum absolute atomic E-state index is 0.845. The number of nitrogens with one attached hydrogen (secondary N) is 1. The van der Waals surface area contributed by atoms with Crippen LogP contribution < -0.4 is 0 Å². The summed E-state index contributed by atoms with van der Waals surface area (Å²) in [6.45, 7) is 1.98. The van der Waals surface area contributed by atoms with E-state index >= 15 is 0 Å². The molecule has 0 aliphatic carbocycles. The molecule has 0 aliphatic rings. The molecule has 4 aromatic rings. The van der Waals surface area contributed by atoms with E-state index < -0.39 is 0 Å². The largest absolute Gasteiger partial charge is 0.345 e. The number of rotatable bonds is 1. The third kappa shape index (κ3) is 1.52. The lowest BCUT2D eigenvalue weighted by Gasteiger charge is -2.00. The molecule has 0 atom stereocenters. The van der Waals surface area contributed by atoms with Crippen LogP contribution in [0, 0.1) is 6.92 Å². The van der Waals surface area contributed by atoms with E-state index in [1.54, 1.807) is 10.7 Å². The number of H-pyrrole nitrogens is 1. The van der Waals surface area contributed by atoms with Crippen molar-refractivity contribution in [2.45, 2.75) is 6.92 Å². The Morgan fingerprint density at radius 1 is 1.16 bits per heavy atom. The summed E-state index contributed by atoms with van der Waals surface area (Å²) >= 11 is 0. The van der Waals surface area contributed by atoms with Gasteiger partial charge in [0.1, 0.15) is 5.65 Å². The summed E-state index contributed by atoms with van der Waals surface area (Å²) in [5, 5.41) is 5.64. The molecule has 4 heterocycles. The lowest BCUT2D eigenvalue weighted by atomic mass is 10.1. The van der Waals surface area contributed by atoms with Gasteiger partial charge < -0.3 is 4.98 Å². The molecule has 0 aromatic carbocycles. The minimum Gasteiger partial charge on any atom is -0.345 e. The lowest BCUT2D eigenvalue weighted by molar-refractivity contribution is 0.943. The second-order valence-corrected chi connectivity index (χ2v) is 4.50. The van der Waals surface area contributed by atoms with Gasteiger partial charge in [-0.25, -0.2) is 14.5 Å². The molecular formula is C14H11N5. The van der Waals surface area contributed by atoms with E-state index in [4.69, 9.17) is 0 Å². The molecule has 19 heavy (non-hydrogen) atoms. The van der Waals surface area contributed by atoms with Crippen LogP contribution in [-0.4, -0.2) is 24.6 Å². The summed E-state index contributed by atoms with van der Waals surface area (Å²) in [6, 6.07) is 8.02. The zero-order chi connectivity index (χ0) is 12.8. The van der Waals surface area contributed by atoms with Gasteiger partial charge in [-0.05, 0) is 31.2 Å². The highest BCUT2D eigenvalue weighted by atomic mass is 15.2. The Morgan fingerprint density at radius 3 is 3.05 bits per heavy atom. The Balaban J connectivity index is 1.97. The molecule has 4 rings (SSSR count). The number of nitrogens with zero attached hydrogens (tertiary/aromatic N) is 4. The molecule has 1 N–H and O–H groups in total. The summed E-state index contributed by atoms with van der Waals surface area (Å²) in [7, 11) is 0. The molecule has 0 radical (unpaired) electrons. The average molecular weight is 249 g/mol. The van der Waals surface area contributed by atoms with E-state index in [0.717, 1.165) is 33.6 Å². The molecule has 0 amide bonds. The second kappa shape index (κ2) is 3.65. The van der Waals surface area contributed by atoms with Crippen molar-refractivity contribution in [1.82, 2.24) is 24.6 Å². The summed E-state index contributed by atoms with van der Waals surface area (Å²) in [4.78, 5) is 11.9. The molecule has 0 saturated carbocycles. The van der Waals surface area contributed by atoms with Crippen LogP contribution in [0.15, 0.2) is 42.9 Å². The molecule has 0 fully saturated rings. The van der Waals surface area contributed by atoms with Crippen LogP contribution in [0.2, 0.25) is 0 Å². The first kappa shape index (κ1) is 10.3. The maximum atomic E-state index is 4.56. The quantitative estimate of drug-likeness (QED) is 0.564. The highest BCUT2D eigenvalue weighted by Gasteiger charge is 2.09. The van der Waals surface area contributed by atoms with Gasteiger partial charge in [0.15, 0.2) is 5.65 Å². The van der Waals surface area contributed by atoms with Crippen LogP contribution in [0.1, 0.15) is 5.69 Å².